The second-order valence-corrected chi connectivity index (χ2v) is 14.0. The quantitative estimate of drug-likeness (QED) is 0.0965. The molecule has 1 aliphatic carbocycles. The average molecular weight is 746 g/mol. The molecule has 1 unspecified atom stereocenters. The van der Waals surface area contributed by atoms with Gasteiger partial charge in [-0.2, -0.15) is 25.0 Å². The first-order valence-electron chi connectivity index (χ1n) is 18.4. The third kappa shape index (κ3) is 7.64. The van der Waals surface area contributed by atoms with Crippen LogP contribution in [0.3, 0.4) is 0 Å². The van der Waals surface area contributed by atoms with Gasteiger partial charge in [0.25, 0.3) is 0 Å². The first kappa shape index (κ1) is 35.9. The van der Waals surface area contributed by atoms with Crippen LogP contribution in [0, 0.1) is 0 Å². The van der Waals surface area contributed by atoms with Gasteiger partial charge < -0.3 is 45.8 Å². The fraction of sp³-hybridized carbons (Fsp3) is 0.333. The first-order chi connectivity index (χ1) is 26.8. The SMILES string of the molecule is O=C(NCc1cccc(O)c1)NC1CCN(c2nc(NCC(c3ccccc3)c3ccccc3)c3ncn([C@@H]4C[C@H](n5ncc(CO)n5)[C@@H](O)[C@H]4O)c3n2)C1. The minimum absolute atomic E-state index is 0.00498. The van der Waals surface area contributed by atoms with Crippen molar-refractivity contribution in [2.24, 2.45) is 0 Å². The molecule has 2 aliphatic rings. The van der Waals surface area contributed by atoms with Gasteiger partial charge in [0, 0.05) is 38.1 Å². The molecule has 3 aromatic carbocycles. The zero-order valence-electron chi connectivity index (χ0n) is 29.9. The van der Waals surface area contributed by atoms with E-state index in [1.54, 1.807) is 29.1 Å². The molecule has 2 fully saturated rings. The van der Waals surface area contributed by atoms with E-state index in [0.717, 1.165) is 16.7 Å². The number of hydrogen-bond donors (Lipinski definition) is 7. The van der Waals surface area contributed by atoms with Gasteiger partial charge in [-0.05, 0) is 41.7 Å². The number of aromatic nitrogens is 7. The van der Waals surface area contributed by atoms with Crippen LogP contribution in [0.2, 0.25) is 0 Å². The molecule has 5 atom stereocenters. The van der Waals surface area contributed by atoms with Crippen molar-refractivity contribution in [3.63, 3.8) is 0 Å². The normalized spacial score (nSPS) is 21.0. The molecule has 55 heavy (non-hydrogen) atoms. The van der Waals surface area contributed by atoms with Crippen LogP contribution in [0.5, 0.6) is 5.75 Å². The average Bonchev–Trinajstić information content (AvgIpc) is 4.02. The number of fused-ring (bicyclic) bond motifs is 1. The molecule has 6 aromatic rings. The first-order valence-corrected chi connectivity index (χ1v) is 18.4. The van der Waals surface area contributed by atoms with Crippen LogP contribution in [0.15, 0.2) is 97.5 Å². The summed E-state index contributed by atoms with van der Waals surface area (Å²) in [6, 6.07) is 25.5. The molecule has 16 nitrogen and oxygen atoms in total. The number of imidazole rings is 1. The number of phenols is 1. The van der Waals surface area contributed by atoms with Crippen molar-refractivity contribution in [2.75, 3.05) is 29.9 Å². The third-order valence-electron chi connectivity index (χ3n) is 10.5. The fourth-order valence-corrected chi connectivity index (χ4v) is 7.59. The van der Waals surface area contributed by atoms with Crippen molar-refractivity contribution < 1.29 is 25.2 Å². The largest absolute Gasteiger partial charge is 0.508 e. The molecule has 16 heteroatoms. The van der Waals surface area contributed by atoms with Gasteiger partial charge in [-0.25, -0.2) is 9.78 Å². The van der Waals surface area contributed by atoms with Crippen molar-refractivity contribution in [1.29, 1.82) is 0 Å². The summed E-state index contributed by atoms with van der Waals surface area (Å²) in [5.74, 6) is 1.08. The molecular weight excluding hydrogens is 703 g/mol. The van der Waals surface area contributed by atoms with E-state index in [4.69, 9.17) is 15.0 Å². The van der Waals surface area contributed by atoms with Gasteiger partial charge in [0.05, 0.1) is 25.2 Å². The Hall–Kier alpha value is -6.10. The van der Waals surface area contributed by atoms with E-state index in [1.807, 2.05) is 47.4 Å². The van der Waals surface area contributed by atoms with Crippen molar-refractivity contribution >= 4 is 29.0 Å². The number of rotatable bonds is 12. The number of aliphatic hydroxyl groups excluding tert-OH is 3. The van der Waals surface area contributed by atoms with Gasteiger partial charge in [-0.1, -0.05) is 72.8 Å². The van der Waals surface area contributed by atoms with E-state index in [9.17, 15) is 25.2 Å². The Labute approximate surface area is 316 Å². The molecule has 0 spiro atoms. The highest BCUT2D eigenvalue weighted by Crippen LogP contribution is 2.40. The van der Waals surface area contributed by atoms with E-state index in [2.05, 4.69) is 50.4 Å². The lowest BCUT2D eigenvalue weighted by Crippen LogP contribution is -2.43. The number of anilines is 2. The maximum Gasteiger partial charge on any atom is 0.315 e. The molecule has 3 aromatic heterocycles. The highest BCUT2D eigenvalue weighted by molar-refractivity contribution is 5.84. The number of hydrogen-bond acceptors (Lipinski definition) is 12. The minimum Gasteiger partial charge on any atom is -0.508 e. The Balaban J connectivity index is 1.07. The molecule has 1 saturated heterocycles. The molecule has 8 rings (SSSR count). The van der Waals surface area contributed by atoms with Crippen LogP contribution in [-0.2, 0) is 13.2 Å². The predicted octanol–water partition coefficient (Wildman–Crippen LogP) is 2.85. The van der Waals surface area contributed by atoms with E-state index >= 15 is 0 Å². The number of urea groups is 1. The van der Waals surface area contributed by atoms with E-state index < -0.39 is 24.3 Å². The zero-order chi connectivity index (χ0) is 37.9. The lowest BCUT2D eigenvalue weighted by Gasteiger charge is -2.22. The standard InChI is InChI=1S/C39H43N11O5/c51-22-28-19-43-50(47-28)32-17-31(34(53)35(32)54)49-23-42-33-36(40-20-30(25-9-3-1-4-10-25)26-11-5-2-6-12-26)45-38(46-37(33)49)48-15-14-27(21-48)44-39(55)41-18-24-8-7-13-29(52)16-24/h1-13,16,19,23,27,30-32,34-35,51-54H,14-15,17-18,20-22H2,(H,40,45,46)(H2,41,44,55)/t27?,31-,32+,34+,35-/m1/s1. The number of phenolic OH excluding ortho intramolecular Hbond substituents is 1. The summed E-state index contributed by atoms with van der Waals surface area (Å²) in [6.45, 7) is 1.52. The highest BCUT2D eigenvalue weighted by Gasteiger charge is 2.45. The van der Waals surface area contributed by atoms with Gasteiger partial charge in [-0.3, -0.25) is 0 Å². The third-order valence-corrected chi connectivity index (χ3v) is 10.5. The number of aromatic hydroxyl groups is 1. The van der Waals surface area contributed by atoms with E-state index in [0.29, 0.717) is 54.7 Å². The van der Waals surface area contributed by atoms with E-state index in [1.165, 1.54) is 11.0 Å². The molecule has 7 N–H and O–H groups in total. The molecule has 4 heterocycles. The monoisotopic (exact) mass is 745 g/mol. The summed E-state index contributed by atoms with van der Waals surface area (Å²) in [6.07, 6.45) is 1.64. The van der Waals surface area contributed by atoms with Crippen LogP contribution < -0.4 is 20.9 Å². The summed E-state index contributed by atoms with van der Waals surface area (Å²) in [5.41, 5.74) is 4.41. The smallest absolute Gasteiger partial charge is 0.315 e. The van der Waals surface area contributed by atoms with Crippen molar-refractivity contribution in [3.8, 4) is 5.75 Å². The van der Waals surface area contributed by atoms with Crippen LogP contribution in [0.1, 0.15) is 53.2 Å². The molecule has 0 bridgehead atoms. The Morgan fingerprint density at radius 1 is 0.927 bits per heavy atom. The molecule has 1 saturated carbocycles. The molecule has 284 valence electrons. The summed E-state index contributed by atoms with van der Waals surface area (Å²) < 4.78 is 1.78. The number of nitrogens with zero attached hydrogens (tertiary/aromatic N) is 8. The van der Waals surface area contributed by atoms with Crippen LogP contribution in [0.25, 0.3) is 11.2 Å². The van der Waals surface area contributed by atoms with Gasteiger partial charge in [0.1, 0.15) is 29.7 Å². The summed E-state index contributed by atoms with van der Waals surface area (Å²) in [7, 11) is 0. The van der Waals surface area contributed by atoms with Crippen LogP contribution >= 0.6 is 0 Å². The Morgan fingerprint density at radius 3 is 2.38 bits per heavy atom. The van der Waals surface area contributed by atoms with E-state index in [-0.39, 0.29) is 43.3 Å². The lowest BCUT2D eigenvalue weighted by atomic mass is 9.91. The van der Waals surface area contributed by atoms with Crippen molar-refractivity contribution in [3.05, 3.63) is 120 Å². The topological polar surface area (TPSA) is 212 Å². The highest BCUT2D eigenvalue weighted by atomic mass is 16.3. The number of benzene rings is 3. The number of aliphatic hydroxyl groups is 3. The number of carbonyl (C=O) groups excluding carboxylic acids is 1. The van der Waals surface area contributed by atoms with Crippen molar-refractivity contribution in [2.45, 2.75) is 62.2 Å². The van der Waals surface area contributed by atoms with Gasteiger partial charge in [0.2, 0.25) is 5.95 Å². The second-order valence-electron chi connectivity index (χ2n) is 14.0. The minimum atomic E-state index is -1.18. The molecule has 1 aliphatic heterocycles. The van der Waals surface area contributed by atoms with Crippen molar-refractivity contribution in [1.82, 2.24) is 45.1 Å². The van der Waals surface area contributed by atoms with Gasteiger partial charge >= 0.3 is 6.03 Å². The second kappa shape index (κ2) is 15.7. The maximum absolute atomic E-state index is 12.9. The zero-order valence-corrected chi connectivity index (χ0v) is 29.9. The Morgan fingerprint density at radius 2 is 1.67 bits per heavy atom. The maximum atomic E-state index is 12.9. The lowest BCUT2D eigenvalue weighted by molar-refractivity contribution is 0.00491. The summed E-state index contributed by atoms with van der Waals surface area (Å²) in [5, 5.41) is 59.8. The predicted molar refractivity (Wildman–Crippen MR) is 203 cm³/mol. The van der Waals surface area contributed by atoms with Crippen LogP contribution in [0.4, 0.5) is 16.6 Å². The van der Waals surface area contributed by atoms with Crippen LogP contribution in [-0.4, -0.2) is 98.9 Å². The summed E-state index contributed by atoms with van der Waals surface area (Å²) >= 11 is 0. The van der Waals surface area contributed by atoms with Gasteiger partial charge in [0.15, 0.2) is 17.0 Å². The number of nitrogens with one attached hydrogen (secondary N) is 3. The van der Waals surface area contributed by atoms with Gasteiger partial charge in [-0.15, -0.1) is 0 Å². The Kier molecular flexibility index (Phi) is 10.3. The fourth-order valence-electron chi connectivity index (χ4n) is 7.59. The molecule has 0 radical (unpaired) electrons. The molecular formula is C39H43N11O5. The summed E-state index contributed by atoms with van der Waals surface area (Å²) in [4.78, 5) is 31.0. The Bertz CT molecular complexity index is 2190. The molecule has 2 amide bonds. The number of carbonyl (C=O) groups is 1. The number of amides is 2.